The minimum atomic E-state index is -2.65. The molecular weight excluding hydrogens is 98.0 g/mol. The van der Waals surface area contributed by atoms with Crippen LogP contribution in [0.1, 0.15) is 2.74 Å². The molecule has 0 rings (SSSR count). The van der Waals surface area contributed by atoms with Gasteiger partial charge in [0.05, 0.1) is 2.74 Å². The van der Waals surface area contributed by atoms with Gasteiger partial charge in [0.15, 0.2) is 0 Å². The first-order chi connectivity index (χ1) is 4.00. The van der Waals surface area contributed by atoms with Gasteiger partial charge in [-0.1, -0.05) is 0 Å². The third kappa shape index (κ3) is 4.94. The Kier molecular flexibility index (Phi) is 1.35. The molecule has 0 aromatic heterocycles. The summed E-state index contributed by atoms with van der Waals surface area (Å²) in [5.74, 6) is -1.71. The highest BCUT2D eigenvalue weighted by Gasteiger charge is 1.88. The number of carbonyl (C=O) groups excluding carboxylic acids is 1. The fourth-order valence-corrected chi connectivity index (χ4v) is 0.0912. The summed E-state index contributed by atoms with van der Waals surface area (Å²) >= 11 is 0. The van der Waals surface area contributed by atoms with Crippen molar-refractivity contribution in [1.29, 1.82) is 0 Å². The van der Waals surface area contributed by atoms with Crippen molar-refractivity contribution in [2.75, 3.05) is 6.50 Å². The minimum Gasteiger partial charge on any atom is -0.480 e. The molecule has 0 aromatic carbocycles. The molecule has 40 valence electrons. The average Bonchev–Trinajstić information content (AvgIpc) is 1.65. The molecule has 0 atom stereocenters. The predicted octanol–water partition coefficient (Wildman–Crippen LogP) is -1.18. The average molecular weight is 105 g/mol. The fourth-order valence-electron chi connectivity index (χ4n) is 0.0912. The van der Waals surface area contributed by atoms with Crippen molar-refractivity contribution in [1.82, 2.24) is 5.32 Å². The maximum Gasteiger partial charge on any atom is 0.322 e. The molecule has 0 unspecified atom stereocenters. The number of amides is 1. The van der Waals surface area contributed by atoms with Crippen LogP contribution in [0.2, 0.25) is 0 Å². The number of aliphatic carboxylic acids is 1. The summed E-state index contributed by atoms with van der Waals surface area (Å²) in [5, 5.41) is 9.45. The van der Waals surface area contributed by atoms with Gasteiger partial charge in [-0.05, 0) is 0 Å². The third-order valence-electron chi connectivity index (χ3n) is 0.238. The normalized spacial score (nSPS) is 13.7. The van der Waals surface area contributed by atoms with E-state index in [4.69, 9.17) is 7.85 Å². The number of hydrogen-bond donors (Lipinski definition) is 2. The van der Waals surface area contributed by atoms with Crippen LogP contribution in [-0.2, 0) is 9.59 Å². The summed E-state index contributed by atoms with van der Waals surface area (Å²) < 4.78 is 13.0. The first kappa shape index (κ1) is 3.01. The van der Waals surface area contributed by atoms with Crippen molar-refractivity contribution in [3.8, 4) is 0 Å². The van der Waals surface area contributed by atoms with Crippen molar-refractivity contribution >= 4 is 12.4 Å². The zero-order chi connectivity index (χ0) is 7.49. The second-order valence-electron chi connectivity index (χ2n) is 0.692. The Hall–Kier alpha value is -1.06. The highest BCUT2D eigenvalue weighted by Crippen LogP contribution is 1.51. The van der Waals surface area contributed by atoms with Gasteiger partial charge in [0.2, 0.25) is 6.41 Å². The van der Waals surface area contributed by atoms with Crippen molar-refractivity contribution in [2.24, 2.45) is 0 Å². The quantitative estimate of drug-likeness (QED) is 0.444. The maximum atomic E-state index is 9.81. The largest absolute Gasteiger partial charge is 0.480 e. The summed E-state index contributed by atoms with van der Waals surface area (Å²) in [5.41, 5.74) is 0. The Bertz CT molecular complexity index is 135. The Morgan fingerprint density at radius 1 is 2.14 bits per heavy atom. The number of rotatable bonds is 3. The molecule has 0 heterocycles. The van der Waals surface area contributed by atoms with Crippen LogP contribution in [-0.4, -0.2) is 24.0 Å². The van der Waals surface area contributed by atoms with Gasteiger partial charge in [-0.3, -0.25) is 9.59 Å². The van der Waals surface area contributed by atoms with Crippen molar-refractivity contribution in [3.05, 3.63) is 0 Å². The molecule has 0 fully saturated rings. The Balaban J connectivity index is 4.00. The molecule has 0 bridgehead atoms. The molecule has 0 saturated heterocycles. The standard InChI is InChI=1S/C3H5NO3/c5-2-4-1-3(6)7/h2H,1H2,(H,4,5)(H,6,7)/i1D2. The lowest BCUT2D eigenvalue weighted by Gasteiger charge is -1.85. The summed E-state index contributed by atoms with van der Waals surface area (Å²) in [4.78, 5) is 19.3. The zero-order valence-corrected chi connectivity index (χ0v) is 3.34. The topological polar surface area (TPSA) is 66.4 Å². The molecule has 0 aliphatic heterocycles. The van der Waals surface area contributed by atoms with Gasteiger partial charge >= 0.3 is 5.97 Å². The lowest BCUT2D eigenvalue weighted by molar-refractivity contribution is -0.136. The lowest BCUT2D eigenvalue weighted by Crippen LogP contribution is -2.20. The molecular formula is C3H5NO3. The highest BCUT2D eigenvalue weighted by atomic mass is 16.4. The molecule has 0 aliphatic carbocycles. The molecule has 7 heavy (non-hydrogen) atoms. The zero-order valence-electron chi connectivity index (χ0n) is 5.34. The van der Waals surface area contributed by atoms with Crippen LogP contribution in [0.5, 0.6) is 0 Å². The summed E-state index contributed by atoms with van der Waals surface area (Å²) in [6.45, 7) is -2.65. The van der Waals surface area contributed by atoms with E-state index in [1.807, 2.05) is 0 Å². The number of nitrogens with one attached hydrogen (secondary N) is 1. The second-order valence-corrected chi connectivity index (χ2v) is 0.692. The summed E-state index contributed by atoms with van der Waals surface area (Å²) in [6, 6.07) is 0. The van der Waals surface area contributed by atoms with Gasteiger partial charge in [-0.2, -0.15) is 0 Å². The van der Waals surface area contributed by atoms with Crippen LogP contribution in [0.4, 0.5) is 0 Å². The number of carbonyl (C=O) groups is 2. The Morgan fingerprint density at radius 2 is 2.71 bits per heavy atom. The molecule has 4 nitrogen and oxygen atoms in total. The van der Waals surface area contributed by atoms with Gasteiger partial charge in [-0.15, -0.1) is 0 Å². The minimum absolute atomic E-state index is 0.00583. The predicted molar refractivity (Wildman–Crippen MR) is 21.7 cm³/mol. The van der Waals surface area contributed by atoms with Crippen LogP contribution < -0.4 is 5.32 Å². The van der Waals surface area contributed by atoms with E-state index in [1.54, 1.807) is 0 Å². The Labute approximate surface area is 42.9 Å². The molecule has 0 aliphatic rings. The number of carboxylic acids is 1. The molecule has 1 amide bonds. The molecule has 4 heteroatoms. The van der Waals surface area contributed by atoms with Gasteiger partial charge < -0.3 is 10.4 Å². The maximum absolute atomic E-state index is 9.81. The molecule has 2 N–H and O–H groups in total. The van der Waals surface area contributed by atoms with Crippen molar-refractivity contribution in [2.45, 2.75) is 0 Å². The van der Waals surface area contributed by atoms with Gasteiger partial charge in [0.1, 0.15) is 6.50 Å². The van der Waals surface area contributed by atoms with Gasteiger partial charge in [0, 0.05) is 0 Å². The Morgan fingerprint density at radius 3 is 2.86 bits per heavy atom. The molecule has 0 radical (unpaired) electrons. The van der Waals surface area contributed by atoms with Crippen LogP contribution in [0.25, 0.3) is 0 Å². The lowest BCUT2D eigenvalue weighted by atomic mass is 10.7. The first-order valence-electron chi connectivity index (χ1n) is 2.45. The van der Waals surface area contributed by atoms with Crippen molar-refractivity contribution in [3.63, 3.8) is 0 Å². The molecule has 0 spiro atoms. The van der Waals surface area contributed by atoms with E-state index in [2.05, 4.69) is 0 Å². The van der Waals surface area contributed by atoms with E-state index >= 15 is 0 Å². The van der Waals surface area contributed by atoms with E-state index in [-0.39, 0.29) is 6.41 Å². The van der Waals surface area contributed by atoms with Gasteiger partial charge in [-0.25, -0.2) is 0 Å². The van der Waals surface area contributed by atoms with Crippen LogP contribution in [0, 0.1) is 0 Å². The smallest absolute Gasteiger partial charge is 0.322 e. The van der Waals surface area contributed by atoms with Crippen LogP contribution in [0.15, 0.2) is 0 Å². The summed E-state index contributed by atoms with van der Waals surface area (Å²) in [7, 11) is 0. The highest BCUT2D eigenvalue weighted by molar-refractivity contribution is 5.71. The van der Waals surface area contributed by atoms with Crippen LogP contribution in [0.3, 0.4) is 0 Å². The monoisotopic (exact) mass is 105 g/mol. The van der Waals surface area contributed by atoms with E-state index in [0.717, 1.165) is 0 Å². The number of hydrogen-bond acceptors (Lipinski definition) is 2. The van der Waals surface area contributed by atoms with E-state index < -0.39 is 12.5 Å². The number of carboxylic acid groups (broad SMARTS) is 1. The first-order valence-corrected chi connectivity index (χ1v) is 1.45. The molecule has 0 saturated carbocycles. The van der Waals surface area contributed by atoms with Crippen LogP contribution >= 0.6 is 0 Å². The third-order valence-corrected chi connectivity index (χ3v) is 0.238. The van der Waals surface area contributed by atoms with E-state index in [1.165, 1.54) is 5.32 Å². The molecule has 0 aromatic rings. The second kappa shape index (κ2) is 3.14. The SMILES string of the molecule is [2H]C([2H])(NC=O)C(=O)O. The van der Waals surface area contributed by atoms with Crippen molar-refractivity contribution < 1.29 is 17.4 Å². The van der Waals surface area contributed by atoms with E-state index in [0.29, 0.717) is 0 Å². The summed E-state index contributed by atoms with van der Waals surface area (Å²) in [6.07, 6.45) is -0.00583. The fraction of sp³-hybridized carbons (Fsp3) is 0.333. The van der Waals surface area contributed by atoms with E-state index in [9.17, 15) is 9.59 Å². The van der Waals surface area contributed by atoms with Gasteiger partial charge in [0.25, 0.3) is 0 Å².